The smallest absolute Gasteiger partial charge is 0.00658 e. The first kappa shape index (κ1) is 19.8. The van der Waals surface area contributed by atoms with Crippen LogP contribution in [0.4, 0.5) is 0 Å². The van der Waals surface area contributed by atoms with Gasteiger partial charge < -0.3 is 0 Å². The SMILES string of the molecule is CC(C)(C)C(=C=CC=C=C(c1ccccc1)C(C)(C)C)c1ccccc1. The van der Waals surface area contributed by atoms with E-state index in [4.69, 9.17) is 0 Å². The molecule has 0 saturated carbocycles. The van der Waals surface area contributed by atoms with Crippen molar-refractivity contribution in [1.29, 1.82) is 0 Å². The molecule has 0 aromatic heterocycles. The fraction of sp³-hybridized carbons (Fsp3) is 0.308. The average molecular weight is 343 g/mol. The zero-order valence-electron chi connectivity index (χ0n) is 16.9. The van der Waals surface area contributed by atoms with Crippen molar-refractivity contribution in [2.24, 2.45) is 10.8 Å². The molecule has 0 aliphatic rings. The molecule has 0 N–H and O–H groups in total. The molecule has 26 heavy (non-hydrogen) atoms. The van der Waals surface area contributed by atoms with E-state index < -0.39 is 0 Å². The van der Waals surface area contributed by atoms with Crippen LogP contribution in [-0.4, -0.2) is 0 Å². The van der Waals surface area contributed by atoms with Crippen molar-refractivity contribution in [3.63, 3.8) is 0 Å². The van der Waals surface area contributed by atoms with Crippen LogP contribution >= 0.6 is 0 Å². The van der Waals surface area contributed by atoms with Gasteiger partial charge in [0.1, 0.15) is 0 Å². The highest BCUT2D eigenvalue weighted by Gasteiger charge is 2.19. The van der Waals surface area contributed by atoms with Crippen molar-refractivity contribution in [1.82, 2.24) is 0 Å². The van der Waals surface area contributed by atoms with E-state index in [9.17, 15) is 0 Å². The van der Waals surface area contributed by atoms with Gasteiger partial charge in [0.25, 0.3) is 0 Å². The molecule has 0 aliphatic carbocycles. The lowest BCUT2D eigenvalue weighted by Crippen LogP contribution is -2.07. The Balaban J connectivity index is 2.52. The Bertz CT molecular complexity index is 762. The van der Waals surface area contributed by atoms with E-state index in [1.807, 2.05) is 24.3 Å². The number of hydrogen-bond donors (Lipinski definition) is 0. The summed E-state index contributed by atoms with van der Waals surface area (Å²) in [5, 5.41) is 0. The van der Waals surface area contributed by atoms with Gasteiger partial charge in [0.15, 0.2) is 0 Å². The molecule has 0 spiro atoms. The zero-order chi connectivity index (χ0) is 19.2. The van der Waals surface area contributed by atoms with Crippen molar-refractivity contribution in [2.75, 3.05) is 0 Å². The van der Waals surface area contributed by atoms with Gasteiger partial charge in [-0.05, 0) is 34.1 Å². The van der Waals surface area contributed by atoms with Crippen LogP contribution in [-0.2, 0) is 0 Å². The van der Waals surface area contributed by atoms with Gasteiger partial charge in [-0.1, -0.05) is 102 Å². The van der Waals surface area contributed by atoms with Gasteiger partial charge in [-0.15, -0.1) is 11.5 Å². The lowest BCUT2D eigenvalue weighted by Gasteiger charge is -2.21. The summed E-state index contributed by atoms with van der Waals surface area (Å²) in [5.74, 6) is 0. The molecule has 0 nitrogen and oxygen atoms in total. The maximum absolute atomic E-state index is 3.49. The van der Waals surface area contributed by atoms with Crippen LogP contribution in [0.2, 0.25) is 0 Å². The predicted molar refractivity (Wildman–Crippen MR) is 115 cm³/mol. The maximum Gasteiger partial charge on any atom is 0.00658 e. The minimum absolute atomic E-state index is 0.0295. The Morgan fingerprint density at radius 2 is 0.885 bits per heavy atom. The van der Waals surface area contributed by atoms with Gasteiger partial charge in [0, 0.05) is 11.1 Å². The Morgan fingerprint density at radius 1 is 0.577 bits per heavy atom. The van der Waals surface area contributed by atoms with E-state index in [1.54, 1.807) is 0 Å². The summed E-state index contributed by atoms with van der Waals surface area (Å²) in [6, 6.07) is 21.0. The van der Waals surface area contributed by atoms with Crippen LogP contribution in [0.25, 0.3) is 11.1 Å². The van der Waals surface area contributed by atoms with Crippen LogP contribution in [0, 0.1) is 10.8 Å². The normalized spacial score (nSPS) is 11.2. The summed E-state index contributed by atoms with van der Waals surface area (Å²) in [6.45, 7) is 13.3. The summed E-state index contributed by atoms with van der Waals surface area (Å²) in [7, 11) is 0. The topological polar surface area (TPSA) is 0 Å². The number of benzene rings is 2. The summed E-state index contributed by atoms with van der Waals surface area (Å²) in [4.78, 5) is 0. The van der Waals surface area contributed by atoms with Gasteiger partial charge in [0.05, 0.1) is 0 Å². The maximum atomic E-state index is 3.49. The molecular formula is C26H30. The summed E-state index contributed by atoms with van der Waals surface area (Å²) >= 11 is 0. The van der Waals surface area contributed by atoms with Crippen molar-refractivity contribution in [2.45, 2.75) is 41.5 Å². The molecule has 0 aliphatic heterocycles. The molecule has 0 atom stereocenters. The second kappa shape index (κ2) is 8.24. The Labute approximate surface area is 159 Å². The molecule has 2 rings (SSSR count). The molecule has 0 unspecified atom stereocenters. The lowest BCUT2D eigenvalue weighted by molar-refractivity contribution is 0.567. The number of allylic oxidation sites excluding steroid dienone is 2. The fourth-order valence-electron chi connectivity index (χ4n) is 2.93. The third kappa shape index (κ3) is 5.50. The first-order valence-corrected chi connectivity index (χ1v) is 9.23. The first-order valence-electron chi connectivity index (χ1n) is 9.23. The molecule has 0 fully saturated rings. The molecule has 2 aromatic carbocycles. The molecule has 0 radical (unpaired) electrons. The number of hydrogen-bond acceptors (Lipinski definition) is 0. The van der Waals surface area contributed by atoms with Crippen LogP contribution in [0.3, 0.4) is 0 Å². The van der Waals surface area contributed by atoms with Crippen LogP contribution in [0.5, 0.6) is 0 Å². The van der Waals surface area contributed by atoms with E-state index in [-0.39, 0.29) is 10.8 Å². The van der Waals surface area contributed by atoms with Gasteiger partial charge in [0.2, 0.25) is 0 Å². The second-order valence-electron chi connectivity index (χ2n) is 8.60. The highest BCUT2D eigenvalue weighted by molar-refractivity contribution is 5.70. The summed E-state index contributed by atoms with van der Waals surface area (Å²) in [6.07, 6.45) is 3.98. The van der Waals surface area contributed by atoms with Crippen molar-refractivity contribution in [3.05, 3.63) is 95.4 Å². The molecule has 0 heteroatoms. The Kier molecular flexibility index (Phi) is 6.27. The zero-order valence-corrected chi connectivity index (χ0v) is 16.9. The molecule has 2 aromatic rings. The average Bonchev–Trinajstić information content (AvgIpc) is 2.57. The summed E-state index contributed by atoms with van der Waals surface area (Å²) < 4.78 is 0. The van der Waals surface area contributed by atoms with Crippen LogP contribution in [0.15, 0.2) is 84.3 Å². The Hall–Kier alpha value is -2.52. The highest BCUT2D eigenvalue weighted by atomic mass is 14.2. The monoisotopic (exact) mass is 342 g/mol. The van der Waals surface area contributed by atoms with E-state index in [0.717, 1.165) is 0 Å². The third-order valence-electron chi connectivity index (χ3n) is 4.16. The molecule has 0 bridgehead atoms. The molecule has 0 saturated heterocycles. The van der Waals surface area contributed by atoms with Gasteiger partial charge >= 0.3 is 0 Å². The largest absolute Gasteiger partial charge is 0.115 e. The van der Waals surface area contributed by atoms with Gasteiger partial charge in [-0.2, -0.15) is 0 Å². The van der Waals surface area contributed by atoms with Crippen molar-refractivity contribution < 1.29 is 0 Å². The van der Waals surface area contributed by atoms with E-state index in [2.05, 4.69) is 102 Å². The summed E-state index contributed by atoms with van der Waals surface area (Å²) in [5.41, 5.74) is 11.9. The molecule has 134 valence electrons. The molecule has 0 heterocycles. The van der Waals surface area contributed by atoms with E-state index >= 15 is 0 Å². The Morgan fingerprint density at radius 3 is 1.15 bits per heavy atom. The quantitative estimate of drug-likeness (QED) is 0.399. The van der Waals surface area contributed by atoms with Crippen molar-refractivity contribution in [3.8, 4) is 0 Å². The molecular weight excluding hydrogens is 312 g/mol. The second-order valence-corrected chi connectivity index (χ2v) is 8.60. The fourth-order valence-corrected chi connectivity index (χ4v) is 2.93. The lowest BCUT2D eigenvalue weighted by atomic mass is 9.82. The predicted octanol–water partition coefficient (Wildman–Crippen LogP) is 7.56. The van der Waals surface area contributed by atoms with E-state index in [0.29, 0.717) is 0 Å². The van der Waals surface area contributed by atoms with Gasteiger partial charge in [-0.25, -0.2) is 0 Å². The third-order valence-corrected chi connectivity index (χ3v) is 4.16. The van der Waals surface area contributed by atoms with Crippen LogP contribution in [0.1, 0.15) is 52.7 Å². The van der Waals surface area contributed by atoms with Crippen LogP contribution < -0.4 is 0 Å². The van der Waals surface area contributed by atoms with Gasteiger partial charge in [-0.3, -0.25) is 0 Å². The molecule has 0 amide bonds. The standard InChI is InChI=1S/C26H30/c1-25(2,3)23(21-15-9-7-10-16-21)19-13-14-20-24(26(4,5)6)22-17-11-8-12-18-22/h7-18H,1-6H3. The van der Waals surface area contributed by atoms with E-state index in [1.165, 1.54) is 22.3 Å². The highest BCUT2D eigenvalue weighted by Crippen LogP contribution is 2.34. The minimum atomic E-state index is 0.0295. The minimum Gasteiger partial charge on any atom is -0.115 e. The first-order chi connectivity index (χ1) is 12.2. The number of rotatable bonds is 3. The van der Waals surface area contributed by atoms with Crippen molar-refractivity contribution >= 4 is 11.1 Å².